The zero-order chi connectivity index (χ0) is 16.5. The molecule has 0 saturated carbocycles. The molecule has 0 fully saturated rings. The van der Waals surface area contributed by atoms with E-state index in [9.17, 15) is 5.11 Å². The maximum atomic E-state index is 9.26. The van der Waals surface area contributed by atoms with E-state index in [1.165, 1.54) is 5.56 Å². The fourth-order valence-corrected chi connectivity index (χ4v) is 2.29. The second kappa shape index (κ2) is 9.18. The van der Waals surface area contributed by atoms with E-state index >= 15 is 0 Å². The van der Waals surface area contributed by atoms with Crippen LogP contribution in [0.3, 0.4) is 0 Å². The summed E-state index contributed by atoms with van der Waals surface area (Å²) in [5, 5.41) is 12.4. The third-order valence-corrected chi connectivity index (χ3v) is 3.49. The summed E-state index contributed by atoms with van der Waals surface area (Å²) >= 11 is 0. The van der Waals surface area contributed by atoms with Crippen LogP contribution in [0.15, 0.2) is 48.5 Å². The van der Waals surface area contributed by atoms with E-state index in [0.29, 0.717) is 19.7 Å². The molecule has 0 bridgehead atoms. The van der Waals surface area contributed by atoms with Crippen molar-refractivity contribution in [2.24, 2.45) is 0 Å². The number of aliphatic hydroxyl groups is 1. The molecule has 2 aromatic carbocycles. The lowest BCUT2D eigenvalue weighted by atomic mass is 10.1. The molecule has 0 heterocycles. The molecule has 0 saturated heterocycles. The molecule has 0 spiro atoms. The number of hydrogen-bond donors (Lipinski definition) is 2. The van der Waals surface area contributed by atoms with Crippen LogP contribution in [0, 0.1) is 0 Å². The van der Waals surface area contributed by atoms with Crippen LogP contribution in [0.4, 0.5) is 0 Å². The summed E-state index contributed by atoms with van der Waals surface area (Å²) in [5.41, 5.74) is 2.35. The van der Waals surface area contributed by atoms with Gasteiger partial charge < -0.3 is 19.9 Å². The highest BCUT2D eigenvalue weighted by molar-refractivity contribution is 5.43. The summed E-state index contributed by atoms with van der Waals surface area (Å²) in [6.45, 7) is 3.63. The Morgan fingerprint density at radius 1 is 1.04 bits per heavy atom. The molecule has 23 heavy (non-hydrogen) atoms. The van der Waals surface area contributed by atoms with E-state index in [4.69, 9.17) is 9.47 Å². The fraction of sp³-hybridized carbons (Fsp3) is 0.368. The first-order valence-corrected chi connectivity index (χ1v) is 7.91. The van der Waals surface area contributed by atoms with Gasteiger partial charge in [-0.2, -0.15) is 0 Å². The predicted octanol–water partition coefficient (Wildman–Crippen LogP) is 2.79. The average Bonchev–Trinajstić information content (AvgIpc) is 2.56. The average molecular weight is 315 g/mol. The minimum Gasteiger partial charge on any atom is -0.493 e. The van der Waals surface area contributed by atoms with Gasteiger partial charge in [0.1, 0.15) is 0 Å². The van der Waals surface area contributed by atoms with Gasteiger partial charge >= 0.3 is 0 Å². The Morgan fingerprint density at radius 2 is 1.83 bits per heavy atom. The van der Waals surface area contributed by atoms with Crippen molar-refractivity contribution in [3.63, 3.8) is 0 Å². The number of methoxy groups -OCH3 is 1. The first kappa shape index (κ1) is 17.3. The van der Waals surface area contributed by atoms with Crippen LogP contribution in [0.5, 0.6) is 11.5 Å². The molecule has 2 aromatic rings. The van der Waals surface area contributed by atoms with Gasteiger partial charge in [-0.1, -0.05) is 36.4 Å². The topological polar surface area (TPSA) is 50.7 Å². The zero-order valence-electron chi connectivity index (χ0n) is 13.8. The largest absolute Gasteiger partial charge is 0.493 e. The van der Waals surface area contributed by atoms with Gasteiger partial charge in [-0.25, -0.2) is 0 Å². The van der Waals surface area contributed by atoms with Crippen molar-refractivity contribution < 1.29 is 14.6 Å². The minimum absolute atomic E-state index is 0.350. The second-order valence-electron chi connectivity index (χ2n) is 5.55. The number of ether oxygens (including phenoxy) is 2. The van der Waals surface area contributed by atoms with Crippen LogP contribution in [0.2, 0.25) is 0 Å². The molecule has 2 rings (SSSR count). The summed E-state index contributed by atoms with van der Waals surface area (Å²) in [6.07, 6.45) is 0.513. The van der Waals surface area contributed by atoms with Gasteiger partial charge in [0, 0.05) is 19.5 Å². The molecule has 0 unspecified atom stereocenters. The van der Waals surface area contributed by atoms with Gasteiger partial charge in [0.25, 0.3) is 0 Å². The lowest BCUT2D eigenvalue weighted by molar-refractivity contribution is 0.191. The molecule has 0 aromatic heterocycles. The lowest BCUT2D eigenvalue weighted by Gasteiger charge is -2.13. The van der Waals surface area contributed by atoms with Crippen molar-refractivity contribution in [2.75, 3.05) is 20.3 Å². The van der Waals surface area contributed by atoms with Gasteiger partial charge in [0.05, 0.1) is 19.8 Å². The van der Waals surface area contributed by atoms with Crippen molar-refractivity contribution in [3.05, 3.63) is 59.7 Å². The molecule has 2 N–H and O–H groups in total. The molecule has 0 amide bonds. The molecule has 124 valence electrons. The highest BCUT2D eigenvalue weighted by Gasteiger charge is 2.06. The second-order valence-corrected chi connectivity index (χ2v) is 5.55. The molecule has 0 aliphatic heterocycles. The van der Waals surface area contributed by atoms with Crippen molar-refractivity contribution in [3.8, 4) is 11.5 Å². The Kier molecular flexibility index (Phi) is 6.91. The predicted molar refractivity (Wildman–Crippen MR) is 92.0 cm³/mol. The van der Waals surface area contributed by atoms with Gasteiger partial charge in [-0.15, -0.1) is 0 Å². The molecule has 0 aliphatic rings. The van der Waals surface area contributed by atoms with Crippen molar-refractivity contribution in [2.45, 2.75) is 26.0 Å². The van der Waals surface area contributed by atoms with Crippen LogP contribution < -0.4 is 14.8 Å². The maximum absolute atomic E-state index is 9.26. The number of aliphatic hydroxyl groups excluding tert-OH is 1. The smallest absolute Gasteiger partial charge is 0.161 e. The van der Waals surface area contributed by atoms with Crippen molar-refractivity contribution >= 4 is 0 Å². The summed E-state index contributed by atoms with van der Waals surface area (Å²) in [4.78, 5) is 0. The molecule has 4 heteroatoms. The van der Waals surface area contributed by atoms with Crippen LogP contribution in [0.1, 0.15) is 18.1 Å². The molecule has 0 aliphatic carbocycles. The van der Waals surface area contributed by atoms with E-state index in [1.807, 2.05) is 36.4 Å². The van der Waals surface area contributed by atoms with E-state index in [1.54, 1.807) is 14.0 Å². The van der Waals surface area contributed by atoms with E-state index in [2.05, 4.69) is 17.4 Å². The lowest BCUT2D eigenvalue weighted by Crippen LogP contribution is -2.23. The third kappa shape index (κ3) is 5.93. The number of hydrogen-bond acceptors (Lipinski definition) is 4. The van der Waals surface area contributed by atoms with E-state index in [-0.39, 0.29) is 6.10 Å². The fourth-order valence-electron chi connectivity index (χ4n) is 2.29. The normalized spacial score (nSPS) is 12.0. The van der Waals surface area contributed by atoms with Crippen LogP contribution in [0.25, 0.3) is 0 Å². The SMILES string of the molecule is COc1cc(CNC[C@@H](C)O)ccc1OCCc1ccccc1. The third-order valence-electron chi connectivity index (χ3n) is 3.49. The monoisotopic (exact) mass is 315 g/mol. The highest BCUT2D eigenvalue weighted by Crippen LogP contribution is 2.28. The van der Waals surface area contributed by atoms with Gasteiger partial charge in [0.15, 0.2) is 11.5 Å². The van der Waals surface area contributed by atoms with Crippen LogP contribution >= 0.6 is 0 Å². The number of rotatable bonds is 9. The quantitative estimate of drug-likeness (QED) is 0.747. The van der Waals surface area contributed by atoms with Gasteiger partial charge in [-0.05, 0) is 30.2 Å². The molecular weight excluding hydrogens is 290 g/mol. The molecule has 0 radical (unpaired) electrons. The zero-order valence-corrected chi connectivity index (χ0v) is 13.8. The molecule has 4 nitrogen and oxygen atoms in total. The van der Waals surface area contributed by atoms with Crippen LogP contribution in [-0.4, -0.2) is 31.5 Å². The van der Waals surface area contributed by atoms with Crippen LogP contribution in [-0.2, 0) is 13.0 Å². The standard InChI is InChI=1S/C19H25NO3/c1-15(21)13-20-14-17-8-9-18(19(12-17)22-2)23-11-10-16-6-4-3-5-7-16/h3-9,12,15,20-21H,10-11,13-14H2,1-2H3/t15-/m1/s1. The first-order chi connectivity index (χ1) is 11.2. The van der Waals surface area contributed by atoms with E-state index in [0.717, 1.165) is 23.5 Å². The highest BCUT2D eigenvalue weighted by atomic mass is 16.5. The van der Waals surface area contributed by atoms with Crippen molar-refractivity contribution in [1.82, 2.24) is 5.32 Å². The van der Waals surface area contributed by atoms with Gasteiger partial charge in [0.2, 0.25) is 0 Å². The van der Waals surface area contributed by atoms with E-state index < -0.39 is 0 Å². The Labute approximate surface area is 138 Å². The summed E-state index contributed by atoms with van der Waals surface area (Å²) < 4.78 is 11.3. The number of nitrogens with one attached hydrogen (secondary N) is 1. The Balaban J connectivity index is 1.88. The summed E-state index contributed by atoms with van der Waals surface area (Å²) in [7, 11) is 1.65. The molecule has 1 atom stereocenters. The summed E-state index contributed by atoms with van der Waals surface area (Å²) in [5.74, 6) is 1.48. The van der Waals surface area contributed by atoms with Gasteiger partial charge in [-0.3, -0.25) is 0 Å². The molecular formula is C19H25NO3. The maximum Gasteiger partial charge on any atom is 0.161 e. The Morgan fingerprint density at radius 3 is 2.52 bits per heavy atom. The Hall–Kier alpha value is -2.04. The van der Waals surface area contributed by atoms with Crippen molar-refractivity contribution in [1.29, 1.82) is 0 Å². The Bertz CT molecular complexity index is 584. The number of benzene rings is 2. The summed E-state index contributed by atoms with van der Waals surface area (Å²) in [6, 6.07) is 16.2. The minimum atomic E-state index is -0.350. The first-order valence-electron chi connectivity index (χ1n) is 7.91.